The van der Waals surface area contributed by atoms with Gasteiger partial charge in [-0.15, -0.1) is 0 Å². The molecule has 0 saturated heterocycles. The van der Waals surface area contributed by atoms with Crippen LogP contribution >= 0.6 is 0 Å². The third-order valence-electron chi connectivity index (χ3n) is 14.5. The van der Waals surface area contributed by atoms with E-state index in [0.717, 1.165) is 49.7 Å². The van der Waals surface area contributed by atoms with Crippen LogP contribution in [0, 0.1) is 33.5 Å². The lowest BCUT2D eigenvalue weighted by molar-refractivity contribution is -0.152. The summed E-state index contributed by atoms with van der Waals surface area (Å²) in [5, 5.41) is 21.5. The van der Waals surface area contributed by atoms with Gasteiger partial charge in [-0.1, -0.05) is 102 Å². The Hall–Kier alpha value is -4.20. The summed E-state index contributed by atoms with van der Waals surface area (Å²) >= 11 is 0. The summed E-state index contributed by atoms with van der Waals surface area (Å²) in [6.07, 6.45) is 8.15. The molecule has 6 rings (SSSR count). The zero-order valence-corrected chi connectivity index (χ0v) is 32.1. The van der Waals surface area contributed by atoms with Gasteiger partial charge in [0.05, 0.1) is 0 Å². The van der Waals surface area contributed by atoms with Gasteiger partial charge in [0.2, 0.25) is 0 Å². The maximum Gasteiger partial charge on any atom is 0.343 e. The molecule has 4 aliphatic rings. The van der Waals surface area contributed by atoms with Gasteiger partial charge in [-0.2, -0.15) is 0 Å². The van der Waals surface area contributed by atoms with Gasteiger partial charge >= 0.3 is 11.9 Å². The first-order chi connectivity index (χ1) is 24.5. The summed E-state index contributed by atoms with van der Waals surface area (Å²) in [5.74, 6) is -0.609. The maximum atomic E-state index is 13.7. The minimum Gasteiger partial charge on any atom is -0.512 e. The van der Waals surface area contributed by atoms with Gasteiger partial charge in [0.1, 0.15) is 47.0 Å². The van der Waals surface area contributed by atoms with E-state index in [4.69, 9.17) is 19.5 Å². The van der Waals surface area contributed by atoms with E-state index in [1.165, 1.54) is 26.3 Å². The van der Waals surface area contributed by atoms with Crippen molar-refractivity contribution < 1.29 is 29.3 Å². The molecular formula is C44H56N2O6. The van der Waals surface area contributed by atoms with Crippen molar-refractivity contribution in [2.24, 2.45) is 43.5 Å². The number of allylic oxidation sites excluding steroid dienone is 2. The van der Waals surface area contributed by atoms with Crippen molar-refractivity contribution in [3.8, 4) is 0 Å². The number of carbonyl (C=O) groups excluding carboxylic acids is 2. The average molecular weight is 709 g/mol. The fourth-order valence-electron chi connectivity index (χ4n) is 9.90. The molecule has 0 aliphatic heterocycles. The number of benzene rings is 2. The maximum absolute atomic E-state index is 13.7. The molecule has 8 atom stereocenters. The Morgan fingerprint density at radius 1 is 0.654 bits per heavy atom. The highest BCUT2D eigenvalue weighted by atomic mass is 16.6. The van der Waals surface area contributed by atoms with Crippen LogP contribution in [0.2, 0.25) is 0 Å². The number of rotatable bonds is 11. The van der Waals surface area contributed by atoms with E-state index < -0.39 is 24.0 Å². The van der Waals surface area contributed by atoms with Crippen LogP contribution < -0.4 is 0 Å². The van der Waals surface area contributed by atoms with Gasteiger partial charge in [0, 0.05) is 23.3 Å². The molecule has 8 nitrogen and oxygen atoms in total. The predicted molar refractivity (Wildman–Crippen MR) is 204 cm³/mol. The molecule has 4 aliphatic carbocycles. The second-order valence-electron chi connectivity index (χ2n) is 17.3. The lowest BCUT2D eigenvalue weighted by atomic mass is 9.70. The van der Waals surface area contributed by atoms with E-state index in [1.807, 2.05) is 60.7 Å². The van der Waals surface area contributed by atoms with Crippen molar-refractivity contribution in [1.29, 1.82) is 0 Å². The normalized spacial score (nSPS) is 32.1. The zero-order chi connectivity index (χ0) is 37.6. The van der Waals surface area contributed by atoms with Crippen LogP contribution in [0.4, 0.5) is 0 Å². The van der Waals surface area contributed by atoms with Crippen LogP contribution in [0.1, 0.15) is 117 Å². The lowest BCUT2D eigenvalue weighted by Gasteiger charge is -2.38. The molecule has 278 valence electrons. The highest BCUT2D eigenvalue weighted by Gasteiger charge is 2.64. The molecule has 0 unspecified atom stereocenters. The Morgan fingerprint density at radius 3 is 1.27 bits per heavy atom. The van der Waals surface area contributed by atoms with E-state index in [0.29, 0.717) is 11.8 Å². The number of aliphatic hydroxyl groups excluding tert-OH is 2. The molecule has 0 radical (unpaired) electrons. The molecule has 8 heteroatoms. The van der Waals surface area contributed by atoms with Crippen LogP contribution in [0.3, 0.4) is 0 Å². The van der Waals surface area contributed by atoms with Gasteiger partial charge < -0.3 is 19.7 Å². The number of hydrogen-bond acceptors (Lipinski definition) is 8. The Labute approximate surface area is 309 Å². The molecule has 4 fully saturated rings. The largest absolute Gasteiger partial charge is 0.512 e. The molecule has 0 amide bonds. The number of esters is 2. The molecule has 2 aromatic rings. The van der Waals surface area contributed by atoms with Crippen molar-refractivity contribution in [1.82, 2.24) is 0 Å². The van der Waals surface area contributed by atoms with E-state index >= 15 is 0 Å². The Balaban J connectivity index is 1.30. The van der Waals surface area contributed by atoms with Crippen LogP contribution in [-0.2, 0) is 19.1 Å². The first-order valence-electron chi connectivity index (χ1n) is 18.9. The summed E-state index contributed by atoms with van der Waals surface area (Å²) in [6.45, 7) is 16.4. The summed E-state index contributed by atoms with van der Waals surface area (Å²) in [5.41, 5.74) is 1.42. The number of nitrogens with zero attached hydrogens (tertiary/aromatic N) is 2. The van der Waals surface area contributed by atoms with Crippen LogP contribution in [0.5, 0.6) is 0 Å². The van der Waals surface area contributed by atoms with Crippen LogP contribution in [0.15, 0.2) is 93.3 Å². The first-order valence-corrected chi connectivity index (χ1v) is 18.9. The molecule has 2 aromatic carbocycles. The van der Waals surface area contributed by atoms with Crippen molar-refractivity contribution in [3.63, 3.8) is 0 Å². The third kappa shape index (κ3) is 6.40. The van der Waals surface area contributed by atoms with E-state index in [2.05, 4.69) is 41.5 Å². The smallest absolute Gasteiger partial charge is 0.343 e. The summed E-state index contributed by atoms with van der Waals surface area (Å²) < 4.78 is 12.3. The molecule has 4 saturated carbocycles. The molecule has 52 heavy (non-hydrogen) atoms. The van der Waals surface area contributed by atoms with Gasteiger partial charge in [0.15, 0.2) is 0 Å². The SMILES string of the molecule is C/C(O)=C(/C=N[C@H](c1ccccc1)[C@H](N=C/C(C(=O)O[C@@H]1C[C@@H]2CC[C@@]1(C)C2(C)C)=C(/C)O)c1ccccc1)C(=O)O[C@@H]1C[C@@H]2CC[C@@]1(C)C2(C)C. The summed E-state index contributed by atoms with van der Waals surface area (Å²) in [4.78, 5) is 37.3. The number of ether oxygens (including phenoxy) is 2. The molecule has 2 N–H and O–H groups in total. The quantitative estimate of drug-likeness (QED) is 0.104. The lowest BCUT2D eigenvalue weighted by Crippen LogP contribution is -2.38. The van der Waals surface area contributed by atoms with E-state index in [9.17, 15) is 19.8 Å². The highest BCUT2D eigenvalue weighted by Crippen LogP contribution is 2.67. The Bertz CT molecular complexity index is 1650. The molecular weight excluding hydrogens is 652 g/mol. The zero-order valence-electron chi connectivity index (χ0n) is 32.1. The van der Waals surface area contributed by atoms with Crippen LogP contribution in [-0.4, -0.2) is 46.8 Å². The summed E-state index contributed by atoms with van der Waals surface area (Å²) in [6, 6.07) is 17.8. The van der Waals surface area contributed by atoms with Gasteiger partial charge in [-0.25, -0.2) is 9.59 Å². The van der Waals surface area contributed by atoms with E-state index in [1.54, 1.807) is 0 Å². The fourth-order valence-corrected chi connectivity index (χ4v) is 9.90. The van der Waals surface area contributed by atoms with E-state index in [-0.39, 0.29) is 56.5 Å². The van der Waals surface area contributed by atoms with Crippen molar-refractivity contribution >= 4 is 24.4 Å². The monoisotopic (exact) mass is 708 g/mol. The number of aliphatic hydroxyl groups is 2. The number of hydrogen-bond donors (Lipinski definition) is 2. The van der Waals surface area contributed by atoms with Crippen molar-refractivity contribution in [2.75, 3.05) is 0 Å². The predicted octanol–water partition coefficient (Wildman–Crippen LogP) is 9.79. The Morgan fingerprint density at radius 2 is 1.00 bits per heavy atom. The van der Waals surface area contributed by atoms with Gasteiger partial charge in [-0.05, 0) is 86.2 Å². The summed E-state index contributed by atoms with van der Waals surface area (Å²) in [7, 11) is 0. The molecule has 0 aromatic heterocycles. The third-order valence-corrected chi connectivity index (χ3v) is 14.5. The minimum atomic E-state index is -0.678. The van der Waals surface area contributed by atoms with Crippen molar-refractivity contribution in [3.05, 3.63) is 94.5 Å². The fraction of sp³-hybridized carbons (Fsp3) is 0.545. The standard InChI is InChI=1S/C44H56N2O6/c1-27(47)33(39(49)51-35-23-31-19-21-43(35,7)41(31,3)4)25-45-37(29-15-11-9-12-16-29)38(30-17-13-10-14-18-30)46-26-34(28(2)48)40(50)52-36-24-32-20-22-44(36,8)42(32,5)6/h9-18,25-26,31-32,35-38,47-48H,19-24H2,1-8H3/b33-27+,34-28+,45-25?,46-26?/t31-,32-,35+,36+,37+,38+,43+,44+/m0/s1. The first kappa shape index (κ1) is 37.6. The number of fused-ring (bicyclic) bond motifs is 4. The molecule has 4 bridgehead atoms. The van der Waals surface area contributed by atoms with Crippen molar-refractivity contribution in [2.45, 2.75) is 118 Å². The Kier molecular flexibility index (Phi) is 10.1. The van der Waals surface area contributed by atoms with Gasteiger partial charge in [0.25, 0.3) is 0 Å². The second kappa shape index (κ2) is 14.0. The second-order valence-corrected chi connectivity index (χ2v) is 17.3. The topological polar surface area (TPSA) is 118 Å². The number of aliphatic imine (C=N–C) groups is 2. The van der Waals surface area contributed by atoms with Gasteiger partial charge in [-0.3, -0.25) is 9.98 Å². The average Bonchev–Trinajstić information content (AvgIpc) is 3.62. The molecule has 0 spiro atoms. The molecule has 0 heterocycles. The van der Waals surface area contributed by atoms with Crippen LogP contribution in [0.25, 0.3) is 0 Å². The number of carbonyl (C=O) groups is 2. The highest BCUT2D eigenvalue weighted by molar-refractivity contribution is 6.10. The minimum absolute atomic E-state index is 0.0152.